The molecule has 1 saturated heterocycles. The molecule has 3 atom stereocenters. The number of para-hydroxylation sites is 1. The molecule has 5 nitrogen and oxygen atoms in total. The fourth-order valence-electron chi connectivity index (χ4n) is 5.79. The zero-order chi connectivity index (χ0) is 19.8. The molecule has 1 saturated carbocycles. The van der Waals surface area contributed by atoms with Crippen molar-refractivity contribution >= 4 is 11.7 Å². The van der Waals surface area contributed by atoms with Crippen molar-refractivity contribution < 1.29 is 14.3 Å². The van der Waals surface area contributed by atoms with Crippen LogP contribution >= 0.6 is 0 Å². The summed E-state index contributed by atoms with van der Waals surface area (Å²) >= 11 is 0. The van der Waals surface area contributed by atoms with Gasteiger partial charge in [-0.25, -0.2) is 4.79 Å². The van der Waals surface area contributed by atoms with Crippen molar-refractivity contribution in [3.05, 3.63) is 41.5 Å². The van der Waals surface area contributed by atoms with E-state index in [1.165, 1.54) is 18.4 Å². The Bertz CT molecular complexity index is 777. The van der Waals surface area contributed by atoms with Gasteiger partial charge in [-0.15, -0.1) is 0 Å². The van der Waals surface area contributed by atoms with Gasteiger partial charge >= 0.3 is 5.97 Å². The highest BCUT2D eigenvalue weighted by molar-refractivity contribution is 5.95. The lowest BCUT2D eigenvalue weighted by molar-refractivity contribution is -0.0430. The molecule has 2 fully saturated rings. The Morgan fingerprint density at radius 3 is 2.82 bits per heavy atom. The highest BCUT2D eigenvalue weighted by atomic mass is 16.5. The third kappa shape index (κ3) is 3.25. The Morgan fingerprint density at radius 2 is 2.07 bits per heavy atom. The van der Waals surface area contributed by atoms with E-state index in [9.17, 15) is 4.79 Å². The van der Waals surface area contributed by atoms with Gasteiger partial charge in [0.2, 0.25) is 0 Å². The maximum atomic E-state index is 12.7. The molecule has 0 radical (unpaired) electrons. The quantitative estimate of drug-likeness (QED) is 0.477. The molecule has 1 unspecified atom stereocenters. The van der Waals surface area contributed by atoms with Gasteiger partial charge in [0, 0.05) is 36.7 Å². The standard InChI is InChI=1S/C23H32N2O3/c1-3-25-14-22-10-6-11-23(15-25,20(22)13-17(27-2)9-12-22)16-28-21(26)18-7-4-5-8-19(18)24/h4-5,7-8,13,17H,3,6,9-12,14-16,24H2,1-2H3/t17?,22-,23-/m0/s1. The number of rotatable bonds is 5. The van der Waals surface area contributed by atoms with Crippen LogP contribution in [0, 0.1) is 10.8 Å². The van der Waals surface area contributed by atoms with E-state index in [1.807, 2.05) is 12.1 Å². The van der Waals surface area contributed by atoms with Crippen LogP contribution in [0.1, 0.15) is 49.4 Å². The molecule has 1 heterocycles. The molecular formula is C23H32N2O3. The van der Waals surface area contributed by atoms with Crippen LogP contribution in [0.15, 0.2) is 35.9 Å². The average Bonchev–Trinajstić information content (AvgIpc) is 2.71. The van der Waals surface area contributed by atoms with Crippen LogP contribution < -0.4 is 5.73 Å². The van der Waals surface area contributed by atoms with E-state index in [1.54, 1.807) is 19.2 Å². The van der Waals surface area contributed by atoms with Gasteiger partial charge in [-0.2, -0.15) is 0 Å². The van der Waals surface area contributed by atoms with Crippen LogP contribution in [0.25, 0.3) is 0 Å². The molecule has 1 aliphatic heterocycles. The van der Waals surface area contributed by atoms with E-state index < -0.39 is 0 Å². The van der Waals surface area contributed by atoms with Gasteiger partial charge in [0.05, 0.1) is 11.7 Å². The molecule has 3 aliphatic rings. The van der Waals surface area contributed by atoms with Gasteiger partial charge in [-0.3, -0.25) is 0 Å². The molecule has 0 amide bonds. The molecule has 2 bridgehead atoms. The second-order valence-electron chi connectivity index (χ2n) is 8.77. The highest BCUT2D eigenvalue weighted by Crippen LogP contribution is 2.59. The van der Waals surface area contributed by atoms with Crippen molar-refractivity contribution in [2.45, 2.75) is 45.1 Å². The summed E-state index contributed by atoms with van der Waals surface area (Å²) < 4.78 is 11.6. The van der Waals surface area contributed by atoms with Crippen molar-refractivity contribution in [2.75, 3.05) is 39.1 Å². The number of hydrogen-bond acceptors (Lipinski definition) is 5. The van der Waals surface area contributed by atoms with Crippen molar-refractivity contribution in [1.29, 1.82) is 0 Å². The minimum absolute atomic E-state index is 0.108. The first-order valence-electron chi connectivity index (χ1n) is 10.5. The molecule has 152 valence electrons. The Hall–Kier alpha value is -1.85. The van der Waals surface area contributed by atoms with E-state index in [-0.39, 0.29) is 22.9 Å². The van der Waals surface area contributed by atoms with Crippen molar-refractivity contribution in [1.82, 2.24) is 4.90 Å². The first-order chi connectivity index (χ1) is 13.5. The normalized spacial score (nSPS) is 32.4. The molecule has 4 rings (SSSR count). The molecule has 0 aromatic heterocycles. The first-order valence-corrected chi connectivity index (χ1v) is 10.5. The monoisotopic (exact) mass is 384 g/mol. The number of nitrogens with zero attached hydrogens (tertiary/aromatic N) is 1. The number of methoxy groups -OCH3 is 1. The lowest BCUT2D eigenvalue weighted by Gasteiger charge is -2.59. The molecule has 5 heteroatoms. The first kappa shape index (κ1) is 19.5. The number of carbonyl (C=O) groups is 1. The number of esters is 1. The smallest absolute Gasteiger partial charge is 0.340 e. The minimum atomic E-state index is -0.322. The van der Waals surface area contributed by atoms with Crippen LogP contribution in [0.3, 0.4) is 0 Å². The van der Waals surface area contributed by atoms with E-state index in [0.717, 1.165) is 38.9 Å². The van der Waals surface area contributed by atoms with Gasteiger partial charge in [0.25, 0.3) is 0 Å². The number of nitrogens with two attached hydrogens (primary N) is 1. The number of anilines is 1. The summed E-state index contributed by atoms with van der Waals surface area (Å²) in [6.07, 6.45) is 8.26. The van der Waals surface area contributed by atoms with Gasteiger partial charge in [-0.05, 0) is 44.4 Å². The Balaban J connectivity index is 1.63. The SMILES string of the molecule is CCN1C[C@@]23CCC[C@@](COC(=O)c4ccccc4N)(C1)C2=CC(OC)CC3. The summed E-state index contributed by atoms with van der Waals surface area (Å²) in [6, 6.07) is 7.13. The fraction of sp³-hybridized carbons (Fsp3) is 0.609. The number of carbonyl (C=O) groups excluding carboxylic acids is 1. The molecule has 0 spiro atoms. The van der Waals surface area contributed by atoms with Crippen molar-refractivity contribution in [3.8, 4) is 0 Å². The van der Waals surface area contributed by atoms with Crippen LogP contribution in [0.5, 0.6) is 0 Å². The topological polar surface area (TPSA) is 64.8 Å². The zero-order valence-electron chi connectivity index (χ0n) is 17.1. The second kappa shape index (κ2) is 7.53. The van der Waals surface area contributed by atoms with Crippen molar-refractivity contribution in [2.24, 2.45) is 10.8 Å². The summed E-state index contributed by atoms with van der Waals surface area (Å²) in [5, 5.41) is 0. The molecule has 28 heavy (non-hydrogen) atoms. The number of hydrogen-bond donors (Lipinski definition) is 1. The van der Waals surface area contributed by atoms with Crippen LogP contribution in [-0.4, -0.2) is 50.3 Å². The number of benzene rings is 1. The number of ether oxygens (including phenoxy) is 2. The van der Waals surface area contributed by atoms with Gasteiger partial charge in [0.1, 0.15) is 6.61 Å². The van der Waals surface area contributed by atoms with E-state index in [2.05, 4.69) is 17.9 Å². The minimum Gasteiger partial charge on any atom is -0.461 e. The third-order valence-electron chi connectivity index (χ3n) is 7.18. The van der Waals surface area contributed by atoms with Crippen LogP contribution in [0.4, 0.5) is 5.69 Å². The van der Waals surface area contributed by atoms with Crippen molar-refractivity contribution in [3.63, 3.8) is 0 Å². The second-order valence-corrected chi connectivity index (χ2v) is 8.77. The third-order valence-corrected chi connectivity index (χ3v) is 7.18. The average molecular weight is 385 g/mol. The van der Waals surface area contributed by atoms with E-state index in [4.69, 9.17) is 15.2 Å². The molecule has 2 N–H and O–H groups in total. The summed E-state index contributed by atoms with van der Waals surface area (Å²) in [6.45, 7) is 5.75. The zero-order valence-corrected chi connectivity index (χ0v) is 17.1. The molecule has 2 aliphatic carbocycles. The Kier molecular flexibility index (Phi) is 5.23. The fourth-order valence-corrected chi connectivity index (χ4v) is 5.79. The molecule has 1 aromatic rings. The lowest BCUT2D eigenvalue weighted by atomic mass is 9.52. The van der Waals surface area contributed by atoms with Gasteiger partial charge < -0.3 is 20.1 Å². The van der Waals surface area contributed by atoms with Gasteiger partial charge in [0.15, 0.2) is 0 Å². The predicted molar refractivity (Wildman–Crippen MR) is 110 cm³/mol. The number of piperidine rings is 1. The largest absolute Gasteiger partial charge is 0.461 e. The van der Waals surface area contributed by atoms with E-state index >= 15 is 0 Å². The molecular weight excluding hydrogens is 352 g/mol. The maximum absolute atomic E-state index is 12.7. The Labute approximate surface area is 167 Å². The lowest BCUT2D eigenvalue weighted by Crippen LogP contribution is -2.59. The Morgan fingerprint density at radius 1 is 1.25 bits per heavy atom. The number of nitrogen functional groups attached to an aromatic ring is 1. The molecule has 1 aromatic carbocycles. The summed E-state index contributed by atoms with van der Waals surface area (Å²) in [7, 11) is 1.79. The summed E-state index contributed by atoms with van der Waals surface area (Å²) in [5.41, 5.74) is 8.51. The summed E-state index contributed by atoms with van der Waals surface area (Å²) in [4.78, 5) is 15.3. The highest BCUT2D eigenvalue weighted by Gasteiger charge is 2.55. The van der Waals surface area contributed by atoms with E-state index in [0.29, 0.717) is 17.9 Å². The van der Waals surface area contributed by atoms with Gasteiger partial charge in [-0.1, -0.05) is 37.1 Å². The number of likely N-dealkylation sites (tertiary alicyclic amines) is 1. The van der Waals surface area contributed by atoms with Crippen LogP contribution in [0.2, 0.25) is 0 Å². The predicted octanol–water partition coefficient (Wildman–Crippen LogP) is 3.65. The maximum Gasteiger partial charge on any atom is 0.340 e. The van der Waals surface area contributed by atoms with Crippen LogP contribution in [-0.2, 0) is 9.47 Å². The summed E-state index contributed by atoms with van der Waals surface area (Å²) in [5.74, 6) is -0.322.